The van der Waals surface area contributed by atoms with Crippen LogP contribution >= 0.6 is 22.7 Å². The highest BCUT2D eigenvalue weighted by atomic mass is 32.2. The Kier molecular flexibility index (Phi) is 6.64. The van der Waals surface area contributed by atoms with Crippen LogP contribution in [0, 0.1) is 0 Å². The zero-order valence-corrected chi connectivity index (χ0v) is 29.4. The van der Waals surface area contributed by atoms with Crippen molar-refractivity contribution < 1.29 is 13.2 Å². The molecule has 0 saturated heterocycles. The minimum atomic E-state index is -3.85. The fraction of sp³-hybridized carbons (Fsp3) is 0.0227. The molecule has 0 fully saturated rings. The van der Waals surface area contributed by atoms with Gasteiger partial charge in [-0.05, 0) is 75.7 Å². The van der Waals surface area contributed by atoms with E-state index >= 15 is 0 Å². The molecule has 6 aromatic carbocycles. The number of carbonyl (C=O) groups is 1. The molecule has 0 spiro atoms. The van der Waals surface area contributed by atoms with E-state index in [0.717, 1.165) is 48.0 Å². The Bertz CT molecular complexity index is 2710. The first-order chi connectivity index (χ1) is 25.0. The number of anilines is 3. The van der Waals surface area contributed by atoms with E-state index in [0.29, 0.717) is 0 Å². The summed E-state index contributed by atoms with van der Waals surface area (Å²) in [6, 6.07) is 52.7. The number of benzene rings is 6. The summed E-state index contributed by atoms with van der Waals surface area (Å²) in [6.07, 6.45) is 0. The molecular formula is C44H27NO3S3. The summed E-state index contributed by atoms with van der Waals surface area (Å²) in [5.41, 5.74) is 8.41. The van der Waals surface area contributed by atoms with Gasteiger partial charge in [0.1, 0.15) is 5.00 Å². The third-order valence-corrected chi connectivity index (χ3v) is 14.3. The fourth-order valence-corrected chi connectivity index (χ4v) is 12.2. The second-order valence-electron chi connectivity index (χ2n) is 12.8. The summed E-state index contributed by atoms with van der Waals surface area (Å²) in [5, 5.41) is 3.10. The lowest BCUT2D eigenvalue weighted by molar-refractivity contribution is 0.103. The maximum Gasteiger partial charge on any atom is 0.208 e. The monoisotopic (exact) mass is 713 g/mol. The number of sulfone groups is 1. The van der Waals surface area contributed by atoms with Gasteiger partial charge >= 0.3 is 0 Å². The van der Waals surface area contributed by atoms with Gasteiger partial charge in [0.15, 0.2) is 5.78 Å². The van der Waals surface area contributed by atoms with Crippen LogP contribution in [0.1, 0.15) is 38.2 Å². The normalized spacial score (nSPS) is 15.1. The number of hydrogen-bond donors (Lipinski definition) is 0. The van der Waals surface area contributed by atoms with Gasteiger partial charge in [0.25, 0.3) is 0 Å². The molecular weight excluding hydrogens is 687 g/mol. The highest BCUT2D eigenvalue weighted by Gasteiger charge is 2.47. The van der Waals surface area contributed by atoms with E-state index in [1.54, 1.807) is 53.0 Å². The van der Waals surface area contributed by atoms with E-state index in [1.807, 2.05) is 6.07 Å². The Morgan fingerprint density at radius 2 is 1.14 bits per heavy atom. The summed E-state index contributed by atoms with van der Waals surface area (Å²) in [6.45, 7) is 0. The highest BCUT2D eigenvalue weighted by Crippen LogP contribution is 2.61. The zero-order valence-electron chi connectivity index (χ0n) is 27.0. The number of carbonyl (C=O) groups excluding carboxylic acids is 1. The first kappa shape index (κ1) is 30.2. The van der Waals surface area contributed by atoms with Gasteiger partial charge in [0.05, 0.1) is 31.3 Å². The minimum absolute atomic E-state index is 0.0540. The van der Waals surface area contributed by atoms with Crippen molar-refractivity contribution in [2.75, 3.05) is 4.90 Å². The first-order valence-corrected chi connectivity index (χ1v) is 19.8. The van der Waals surface area contributed by atoms with E-state index in [2.05, 4.69) is 126 Å². The Hall–Kier alpha value is -5.60. The van der Waals surface area contributed by atoms with Crippen LogP contribution < -0.4 is 4.90 Å². The van der Waals surface area contributed by atoms with Crippen LogP contribution in [-0.2, 0) is 15.3 Å². The summed E-state index contributed by atoms with van der Waals surface area (Å²) in [4.78, 5) is 16.4. The van der Waals surface area contributed by atoms with Gasteiger partial charge < -0.3 is 4.90 Å². The second kappa shape index (κ2) is 11.2. The van der Waals surface area contributed by atoms with Gasteiger partial charge in [0, 0.05) is 21.4 Å². The molecule has 0 N–H and O–H groups in total. The summed E-state index contributed by atoms with van der Waals surface area (Å²) >= 11 is 3.37. The van der Waals surface area contributed by atoms with Crippen molar-refractivity contribution in [3.05, 3.63) is 196 Å². The number of thiophene rings is 2. The first-order valence-electron chi connectivity index (χ1n) is 16.6. The van der Waals surface area contributed by atoms with Crippen molar-refractivity contribution in [3.8, 4) is 11.1 Å². The van der Waals surface area contributed by atoms with Crippen molar-refractivity contribution >= 4 is 64.1 Å². The topological polar surface area (TPSA) is 54.5 Å². The second-order valence-corrected chi connectivity index (χ2v) is 16.6. The van der Waals surface area contributed by atoms with Crippen molar-refractivity contribution in [2.45, 2.75) is 15.2 Å². The molecule has 7 heteroatoms. The third-order valence-electron chi connectivity index (χ3n) is 10.2. The van der Waals surface area contributed by atoms with E-state index in [4.69, 9.17) is 0 Å². The molecule has 4 nitrogen and oxygen atoms in total. The van der Waals surface area contributed by atoms with E-state index in [1.165, 1.54) is 17.2 Å². The summed E-state index contributed by atoms with van der Waals surface area (Å²) < 4.78 is 29.7. The third kappa shape index (κ3) is 4.17. The Morgan fingerprint density at radius 3 is 1.80 bits per heavy atom. The number of rotatable bonds is 4. The lowest BCUT2D eigenvalue weighted by atomic mass is 9.62. The Labute approximate surface area is 303 Å². The molecule has 0 radical (unpaired) electrons. The molecule has 0 bridgehead atoms. The number of para-hydroxylation sites is 2. The average Bonchev–Trinajstić information content (AvgIpc) is 3.78. The average molecular weight is 714 g/mol. The molecule has 4 heterocycles. The maximum atomic E-state index is 13.9. The van der Waals surface area contributed by atoms with E-state index in [-0.39, 0.29) is 26.7 Å². The number of ketones is 1. The molecule has 2 aliphatic heterocycles. The number of nitrogens with zero attached hydrogens (tertiary/aromatic N) is 1. The molecule has 0 unspecified atom stereocenters. The largest absolute Gasteiger partial charge is 0.301 e. The van der Waals surface area contributed by atoms with Crippen LogP contribution in [0.15, 0.2) is 173 Å². The summed E-state index contributed by atoms with van der Waals surface area (Å²) in [5.74, 6) is -0.277. The number of fused-ring (bicyclic) bond motifs is 5. The van der Waals surface area contributed by atoms with Crippen LogP contribution in [0.25, 0.3) is 20.5 Å². The maximum absolute atomic E-state index is 13.9. The lowest BCUT2D eigenvalue weighted by Crippen LogP contribution is -2.37. The molecule has 51 heavy (non-hydrogen) atoms. The fourth-order valence-electron chi connectivity index (χ4n) is 8.10. The highest BCUT2D eigenvalue weighted by molar-refractivity contribution is 7.91. The molecule has 0 saturated carbocycles. The van der Waals surface area contributed by atoms with Crippen LogP contribution in [0.4, 0.5) is 16.4 Å². The van der Waals surface area contributed by atoms with Crippen LogP contribution in [0.3, 0.4) is 0 Å². The van der Waals surface area contributed by atoms with Crippen LogP contribution in [0.5, 0.6) is 0 Å². The molecule has 0 amide bonds. The van der Waals surface area contributed by atoms with Gasteiger partial charge in [-0.15, -0.1) is 22.7 Å². The molecule has 0 aliphatic carbocycles. The Balaban J connectivity index is 1.25. The molecule has 2 aliphatic rings. The minimum Gasteiger partial charge on any atom is -0.301 e. The molecule has 10 rings (SSSR count). The molecule has 2 aromatic heterocycles. The summed E-state index contributed by atoms with van der Waals surface area (Å²) in [7, 11) is -3.85. The van der Waals surface area contributed by atoms with Gasteiger partial charge in [-0.3, -0.25) is 4.79 Å². The predicted molar refractivity (Wildman–Crippen MR) is 207 cm³/mol. The lowest BCUT2D eigenvalue weighted by Gasteiger charge is -2.46. The van der Waals surface area contributed by atoms with Crippen LogP contribution in [-0.4, -0.2) is 14.2 Å². The zero-order chi connectivity index (χ0) is 34.3. The Morgan fingerprint density at radius 1 is 0.569 bits per heavy atom. The van der Waals surface area contributed by atoms with Crippen molar-refractivity contribution in [1.82, 2.24) is 0 Å². The van der Waals surface area contributed by atoms with Gasteiger partial charge in [-0.25, -0.2) is 8.42 Å². The quantitative estimate of drug-likeness (QED) is 0.182. The SMILES string of the molecule is O=C1c2ccccc2S(=O)(=O)c2ccc(-c3c(N4c5ccccc5C(c5ccccc5)(c5ccccc5)c5ccccc54)sc4ccsc34)cc21. The van der Waals surface area contributed by atoms with Gasteiger partial charge in [0.2, 0.25) is 9.84 Å². The number of hydrogen-bond acceptors (Lipinski definition) is 6. The van der Waals surface area contributed by atoms with Gasteiger partial charge in [-0.1, -0.05) is 115 Å². The van der Waals surface area contributed by atoms with E-state index < -0.39 is 15.3 Å². The van der Waals surface area contributed by atoms with Gasteiger partial charge in [-0.2, -0.15) is 0 Å². The van der Waals surface area contributed by atoms with Crippen LogP contribution in [0.2, 0.25) is 0 Å². The van der Waals surface area contributed by atoms with Crippen molar-refractivity contribution in [1.29, 1.82) is 0 Å². The standard InChI is InChI=1S/C44H27NO3S3/c46-41-31-17-7-12-22-38(31)51(47,48)39-24-23-28(27-32(39)41)40-42-37(25-26-49-42)50-43(40)45-35-20-10-8-18-33(35)44(29-13-3-1-4-14-29,30-15-5-2-6-16-30)34-19-9-11-21-36(34)45/h1-27H. The predicted octanol–water partition coefficient (Wildman–Crippen LogP) is 11.2. The molecule has 8 aromatic rings. The molecule has 244 valence electrons. The van der Waals surface area contributed by atoms with E-state index in [9.17, 15) is 13.2 Å². The van der Waals surface area contributed by atoms with Crippen molar-refractivity contribution in [3.63, 3.8) is 0 Å². The molecule has 0 atom stereocenters. The van der Waals surface area contributed by atoms with Crippen molar-refractivity contribution in [2.24, 2.45) is 0 Å². The smallest absolute Gasteiger partial charge is 0.208 e.